The molecule has 1 aliphatic rings. The first-order chi connectivity index (χ1) is 10.7. The minimum atomic E-state index is 0.374. The van der Waals surface area contributed by atoms with Crippen LogP contribution in [-0.2, 0) is 12.8 Å². The Morgan fingerprint density at radius 2 is 1.86 bits per heavy atom. The summed E-state index contributed by atoms with van der Waals surface area (Å²) in [7, 11) is 1.70. The number of hydrogen-bond donors (Lipinski definition) is 1. The van der Waals surface area contributed by atoms with Crippen molar-refractivity contribution in [3.05, 3.63) is 59.2 Å². The molecule has 0 radical (unpaired) electrons. The average molecular weight is 290 g/mol. The summed E-state index contributed by atoms with van der Waals surface area (Å²) in [6.45, 7) is 2.03. The number of fused-ring (bicyclic) bond motifs is 5. The highest BCUT2D eigenvalue weighted by atomic mass is 16.5. The van der Waals surface area contributed by atoms with E-state index in [1.807, 2.05) is 19.1 Å². The van der Waals surface area contributed by atoms with E-state index in [1.165, 1.54) is 16.5 Å². The van der Waals surface area contributed by atoms with Gasteiger partial charge >= 0.3 is 0 Å². The molecule has 0 bridgehead atoms. The van der Waals surface area contributed by atoms with Crippen molar-refractivity contribution in [3.8, 4) is 22.6 Å². The molecule has 2 nitrogen and oxygen atoms in total. The first-order valence-electron chi connectivity index (χ1n) is 7.60. The summed E-state index contributed by atoms with van der Waals surface area (Å²) in [5.74, 6) is 1.28. The van der Waals surface area contributed by atoms with Gasteiger partial charge in [-0.25, -0.2) is 0 Å². The van der Waals surface area contributed by atoms with E-state index in [9.17, 15) is 5.11 Å². The second kappa shape index (κ2) is 4.77. The van der Waals surface area contributed by atoms with Crippen LogP contribution in [0, 0.1) is 6.92 Å². The Morgan fingerprint density at radius 3 is 2.68 bits per heavy atom. The van der Waals surface area contributed by atoms with Crippen molar-refractivity contribution in [2.75, 3.05) is 7.11 Å². The van der Waals surface area contributed by atoms with Crippen molar-refractivity contribution in [1.82, 2.24) is 0 Å². The minimum absolute atomic E-state index is 0.374. The summed E-state index contributed by atoms with van der Waals surface area (Å²) in [6.07, 6.45) is 1.96. The second-order valence-corrected chi connectivity index (χ2v) is 5.95. The quantitative estimate of drug-likeness (QED) is 0.708. The van der Waals surface area contributed by atoms with Gasteiger partial charge in [0.1, 0.15) is 11.5 Å². The molecule has 22 heavy (non-hydrogen) atoms. The van der Waals surface area contributed by atoms with E-state index in [0.29, 0.717) is 5.75 Å². The van der Waals surface area contributed by atoms with Crippen molar-refractivity contribution in [2.45, 2.75) is 19.8 Å². The molecule has 3 aromatic carbocycles. The number of rotatable bonds is 1. The Labute approximate surface area is 130 Å². The molecular formula is C20H18O2. The lowest BCUT2D eigenvalue weighted by Crippen LogP contribution is -2.05. The van der Waals surface area contributed by atoms with Crippen molar-refractivity contribution >= 4 is 10.8 Å². The molecule has 110 valence electrons. The lowest BCUT2D eigenvalue weighted by atomic mass is 9.82. The van der Waals surface area contributed by atoms with Crippen LogP contribution in [0.15, 0.2) is 42.5 Å². The molecule has 2 heteroatoms. The first-order valence-corrected chi connectivity index (χ1v) is 7.60. The summed E-state index contributed by atoms with van der Waals surface area (Å²) in [4.78, 5) is 0. The fraction of sp³-hybridized carbons (Fsp3) is 0.200. The van der Waals surface area contributed by atoms with Crippen LogP contribution < -0.4 is 4.74 Å². The Morgan fingerprint density at radius 1 is 1.05 bits per heavy atom. The zero-order valence-electron chi connectivity index (χ0n) is 12.8. The smallest absolute Gasteiger partial charge is 0.124 e. The monoisotopic (exact) mass is 290 g/mol. The van der Waals surface area contributed by atoms with Crippen LogP contribution in [-0.4, -0.2) is 12.2 Å². The fourth-order valence-corrected chi connectivity index (χ4v) is 3.62. The molecule has 0 unspecified atom stereocenters. The summed E-state index contributed by atoms with van der Waals surface area (Å²) >= 11 is 0. The van der Waals surface area contributed by atoms with Crippen LogP contribution in [0.5, 0.6) is 11.5 Å². The third kappa shape index (κ3) is 1.80. The lowest BCUT2D eigenvalue weighted by molar-refractivity contribution is 0.412. The standard InChI is InChI=1S/C20H18O2/c1-12-9-14-10-18(21)20-15-6-4-3-5-13(15)7-8-16(20)17(14)11-19(12)22-2/h3-6,9-11,21H,7-8H2,1-2H3. The van der Waals surface area contributed by atoms with E-state index in [0.717, 1.165) is 40.7 Å². The average Bonchev–Trinajstić information content (AvgIpc) is 2.53. The molecule has 3 aromatic rings. The third-order valence-electron chi connectivity index (χ3n) is 4.67. The highest BCUT2D eigenvalue weighted by Gasteiger charge is 2.22. The SMILES string of the molecule is COc1cc2c3c(c(O)cc2cc1C)-c1ccccc1CC3. The molecule has 0 atom stereocenters. The van der Waals surface area contributed by atoms with Crippen molar-refractivity contribution in [2.24, 2.45) is 0 Å². The van der Waals surface area contributed by atoms with Gasteiger partial charge in [-0.15, -0.1) is 0 Å². The predicted octanol–water partition coefficient (Wildman–Crippen LogP) is 4.63. The third-order valence-corrected chi connectivity index (χ3v) is 4.67. The highest BCUT2D eigenvalue weighted by Crippen LogP contribution is 2.44. The van der Waals surface area contributed by atoms with Crippen LogP contribution in [0.2, 0.25) is 0 Å². The lowest BCUT2D eigenvalue weighted by Gasteiger charge is -2.23. The first kappa shape index (κ1) is 13.2. The molecule has 0 heterocycles. The van der Waals surface area contributed by atoms with Gasteiger partial charge in [-0.2, -0.15) is 0 Å². The largest absolute Gasteiger partial charge is 0.507 e. The minimum Gasteiger partial charge on any atom is -0.507 e. The van der Waals surface area contributed by atoms with Crippen LogP contribution >= 0.6 is 0 Å². The molecule has 0 amide bonds. The van der Waals surface area contributed by atoms with Crippen molar-refractivity contribution in [1.29, 1.82) is 0 Å². The Kier molecular flexibility index (Phi) is 2.86. The number of methoxy groups -OCH3 is 1. The summed E-state index contributed by atoms with van der Waals surface area (Å²) in [6, 6.07) is 14.4. The summed E-state index contributed by atoms with van der Waals surface area (Å²) in [5, 5.41) is 12.8. The van der Waals surface area contributed by atoms with Gasteiger partial charge in [0.15, 0.2) is 0 Å². The number of hydrogen-bond acceptors (Lipinski definition) is 2. The fourth-order valence-electron chi connectivity index (χ4n) is 3.62. The van der Waals surface area contributed by atoms with E-state index in [2.05, 4.69) is 30.3 Å². The number of phenols is 1. The zero-order chi connectivity index (χ0) is 15.3. The molecule has 0 fully saturated rings. The van der Waals surface area contributed by atoms with E-state index < -0.39 is 0 Å². The van der Waals surface area contributed by atoms with Crippen LogP contribution in [0.3, 0.4) is 0 Å². The van der Waals surface area contributed by atoms with Gasteiger partial charge in [-0.3, -0.25) is 0 Å². The topological polar surface area (TPSA) is 29.5 Å². The molecule has 1 aliphatic carbocycles. The van der Waals surface area contributed by atoms with Gasteiger partial charge in [0.25, 0.3) is 0 Å². The maximum absolute atomic E-state index is 10.6. The van der Waals surface area contributed by atoms with E-state index >= 15 is 0 Å². The van der Waals surface area contributed by atoms with Crippen LogP contribution in [0.25, 0.3) is 21.9 Å². The number of ether oxygens (including phenoxy) is 1. The molecule has 0 saturated heterocycles. The van der Waals surface area contributed by atoms with Gasteiger partial charge < -0.3 is 9.84 Å². The molecule has 0 saturated carbocycles. The molecule has 1 N–H and O–H groups in total. The molecule has 4 rings (SSSR count). The van der Waals surface area contributed by atoms with E-state index in [4.69, 9.17) is 4.74 Å². The predicted molar refractivity (Wildman–Crippen MR) is 89.7 cm³/mol. The van der Waals surface area contributed by atoms with Gasteiger partial charge in [0.05, 0.1) is 7.11 Å². The summed E-state index contributed by atoms with van der Waals surface area (Å²) in [5.41, 5.74) is 5.77. The van der Waals surface area contributed by atoms with Gasteiger partial charge in [-0.05, 0) is 71.0 Å². The zero-order valence-corrected chi connectivity index (χ0v) is 12.8. The normalized spacial score (nSPS) is 12.8. The van der Waals surface area contributed by atoms with Crippen LogP contribution in [0.4, 0.5) is 0 Å². The Balaban J connectivity index is 2.10. The van der Waals surface area contributed by atoms with Crippen molar-refractivity contribution < 1.29 is 9.84 Å². The number of aromatic hydroxyl groups is 1. The number of phenolic OH excluding ortho intramolecular Hbond substituents is 1. The highest BCUT2D eigenvalue weighted by molar-refractivity contribution is 5.97. The second-order valence-electron chi connectivity index (χ2n) is 5.95. The maximum atomic E-state index is 10.6. The Bertz CT molecular complexity index is 894. The van der Waals surface area contributed by atoms with Gasteiger partial charge in [0, 0.05) is 5.56 Å². The van der Waals surface area contributed by atoms with Crippen LogP contribution in [0.1, 0.15) is 16.7 Å². The van der Waals surface area contributed by atoms with E-state index in [-0.39, 0.29) is 0 Å². The molecular weight excluding hydrogens is 272 g/mol. The van der Waals surface area contributed by atoms with Crippen molar-refractivity contribution in [3.63, 3.8) is 0 Å². The maximum Gasteiger partial charge on any atom is 0.124 e. The molecule has 0 aromatic heterocycles. The summed E-state index contributed by atoms with van der Waals surface area (Å²) < 4.78 is 5.48. The van der Waals surface area contributed by atoms with E-state index in [1.54, 1.807) is 7.11 Å². The molecule has 0 aliphatic heterocycles. The number of benzene rings is 3. The number of aryl methyl sites for hydroxylation is 3. The Hall–Kier alpha value is -2.48. The van der Waals surface area contributed by atoms with Gasteiger partial charge in [0.2, 0.25) is 0 Å². The molecule has 0 spiro atoms. The van der Waals surface area contributed by atoms with Gasteiger partial charge in [-0.1, -0.05) is 24.3 Å².